The maximum Gasteiger partial charge on any atom is 0.416 e. The van der Waals surface area contributed by atoms with E-state index in [1.807, 2.05) is 0 Å². The van der Waals surface area contributed by atoms with Crippen LogP contribution < -0.4 is 14.8 Å². The molecule has 1 aliphatic rings. The number of benzene rings is 2. The highest BCUT2D eigenvalue weighted by atomic mass is 35.5. The summed E-state index contributed by atoms with van der Waals surface area (Å²) in [4.78, 5) is 39.1. The lowest BCUT2D eigenvalue weighted by atomic mass is 10.2. The maximum absolute atomic E-state index is 13.0. The number of halogens is 4. The molecule has 0 radical (unpaired) electrons. The summed E-state index contributed by atoms with van der Waals surface area (Å²) in [6.07, 6.45) is -6.00. The molecule has 1 N–H and O–H groups in total. The fourth-order valence-corrected chi connectivity index (χ4v) is 3.54. The summed E-state index contributed by atoms with van der Waals surface area (Å²) in [5.74, 6) is -1.58. The highest BCUT2D eigenvalue weighted by Gasteiger charge is 2.31. The number of anilines is 1. The highest BCUT2D eigenvalue weighted by molar-refractivity contribution is 6.33. The van der Waals surface area contributed by atoms with Crippen molar-refractivity contribution in [2.45, 2.75) is 26.1 Å². The smallest absolute Gasteiger partial charge is 0.416 e. The van der Waals surface area contributed by atoms with E-state index in [-0.39, 0.29) is 46.9 Å². The van der Waals surface area contributed by atoms with Crippen molar-refractivity contribution in [1.29, 1.82) is 0 Å². The third kappa shape index (κ3) is 7.75. The normalized spacial score (nSPS) is 14.4. The molecule has 2 aromatic carbocycles. The average molecular weight is 559 g/mol. The van der Waals surface area contributed by atoms with E-state index in [2.05, 4.69) is 5.32 Å². The second-order valence-electron chi connectivity index (χ2n) is 8.11. The molecule has 3 rings (SSSR count). The Kier molecular flexibility index (Phi) is 9.81. The second-order valence-corrected chi connectivity index (χ2v) is 8.51. The summed E-state index contributed by atoms with van der Waals surface area (Å²) >= 11 is 5.90. The molecule has 2 aromatic rings. The molecule has 2 amide bonds. The topological polar surface area (TPSA) is 103 Å². The predicted octanol–water partition coefficient (Wildman–Crippen LogP) is 4.18. The van der Waals surface area contributed by atoms with Gasteiger partial charge in [-0.15, -0.1) is 0 Å². The molecule has 0 bridgehead atoms. The van der Waals surface area contributed by atoms with Gasteiger partial charge in [-0.2, -0.15) is 13.2 Å². The monoisotopic (exact) mass is 558 g/mol. The Morgan fingerprint density at radius 2 is 1.79 bits per heavy atom. The van der Waals surface area contributed by atoms with Crippen LogP contribution in [0.15, 0.2) is 36.4 Å². The molecule has 0 aliphatic carbocycles. The van der Waals surface area contributed by atoms with E-state index in [9.17, 15) is 27.6 Å². The van der Waals surface area contributed by atoms with Gasteiger partial charge in [0.1, 0.15) is 0 Å². The van der Waals surface area contributed by atoms with Crippen molar-refractivity contribution in [3.63, 3.8) is 0 Å². The first-order chi connectivity index (χ1) is 18.0. The number of ether oxygens (including phenoxy) is 4. The van der Waals surface area contributed by atoms with Crippen LogP contribution in [0.2, 0.25) is 5.02 Å². The molecule has 0 spiro atoms. The van der Waals surface area contributed by atoms with Crippen molar-refractivity contribution in [3.05, 3.63) is 52.5 Å². The molecule has 1 fully saturated rings. The lowest BCUT2D eigenvalue weighted by molar-refractivity contribution is -0.138. The molecular formula is C25H26ClF3N2O7. The number of esters is 1. The zero-order chi connectivity index (χ0) is 27.9. The van der Waals surface area contributed by atoms with Crippen LogP contribution in [-0.2, 0) is 25.2 Å². The highest BCUT2D eigenvalue weighted by Crippen LogP contribution is 2.34. The molecular weight excluding hydrogens is 533 g/mol. The van der Waals surface area contributed by atoms with Crippen LogP contribution in [0, 0.1) is 0 Å². The van der Waals surface area contributed by atoms with E-state index in [1.165, 1.54) is 25.1 Å². The number of rotatable bonds is 9. The van der Waals surface area contributed by atoms with Crippen LogP contribution in [-0.4, -0.2) is 68.3 Å². The molecule has 0 saturated carbocycles. The van der Waals surface area contributed by atoms with Crippen molar-refractivity contribution in [2.24, 2.45) is 0 Å². The summed E-state index contributed by atoms with van der Waals surface area (Å²) in [6.45, 7) is 4.83. The Balaban J connectivity index is 1.63. The van der Waals surface area contributed by atoms with Crippen molar-refractivity contribution in [2.75, 3.05) is 44.8 Å². The fraction of sp³-hybridized carbons (Fsp3) is 0.400. The van der Waals surface area contributed by atoms with Crippen molar-refractivity contribution < 1.29 is 46.5 Å². The molecule has 0 unspecified atom stereocenters. The molecule has 1 atom stereocenters. The fourth-order valence-electron chi connectivity index (χ4n) is 3.38. The summed E-state index contributed by atoms with van der Waals surface area (Å²) in [7, 11) is 0. The number of morpholine rings is 1. The number of amides is 2. The predicted molar refractivity (Wildman–Crippen MR) is 130 cm³/mol. The number of alkyl halides is 3. The Hall–Kier alpha value is -3.51. The first kappa shape index (κ1) is 29.1. The molecule has 13 heteroatoms. The summed E-state index contributed by atoms with van der Waals surface area (Å²) in [6, 6.07) is 6.61. The van der Waals surface area contributed by atoms with Gasteiger partial charge in [0.25, 0.3) is 11.8 Å². The van der Waals surface area contributed by atoms with Crippen LogP contribution in [0.1, 0.15) is 29.8 Å². The molecule has 38 heavy (non-hydrogen) atoms. The Morgan fingerprint density at radius 1 is 1.08 bits per heavy atom. The van der Waals surface area contributed by atoms with Crippen molar-refractivity contribution >= 4 is 35.1 Å². The quantitative estimate of drug-likeness (QED) is 0.461. The number of nitrogens with one attached hydrogen (secondary N) is 1. The van der Waals surface area contributed by atoms with Gasteiger partial charge in [0.15, 0.2) is 24.2 Å². The van der Waals surface area contributed by atoms with Gasteiger partial charge in [0.2, 0.25) is 0 Å². The Labute approximate surface area is 221 Å². The number of carbonyl (C=O) groups excluding carboxylic acids is 3. The zero-order valence-corrected chi connectivity index (χ0v) is 21.4. The van der Waals surface area contributed by atoms with Gasteiger partial charge in [-0.1, -0.05) is 11.6 Å². The second kappa shape index (κ2) is 12.8. The van der Waals surface area contributed by atoms with Crippen molar-refractivity contribution in [1.82, 2.24) is 4.90 Å². The maximum atomic E-state index is 13.0. The van der Waals surface area contributed by atoms with E-state index in [4.69, 9.17) is 30.5 Å². The minimum atomic E-state index is -4.63. The number of hydrogen-bond donors (Lipinski definition) is 1. The van der Waals surface area contributed by atoms with Crippen LogP contribution >= 0.6 is 11.6 Å². The minimum absolute atomic E-state index is 0.0251. The van der Waals surface area contributed by atoms with E-state index in [0.29, 0.717) is 32.4 Å². The third-order valence-electron chi connectivity index (χ3n) is 5.40. The molecule has 0 aromatic heterocycles. The minimum Gasteiger partial charge on any atom is -0.490 e. The van der Waals surface area contributed by atoms with E-state index in [1.54, 1.807) is 11.8 Å². The third-order valence-corrected chi connectivity index (χ3v) is 5.73. The molecule has 1 saturated heterocycles. The summed E-state index contributed by atoms with van der Waals surface area (Å²) in [5, 5.41) is 2.12. The molecule has 1 heterocycles. The standard InChI is InChI=1S/C25H26ClF3N2O7/c1-3-36-21-12-16(4-7-20(21)37-14-22(32)31-8-10-35-11-9-31)24(34)38-15(2)23(33)30-19-13-17(25(27,28)29)5-6-18(19)26/h4-7,12-13,15H,3,8-11,14H2,1-2H3,(H,30,33)/t15-/m0/s1. The molecule has 9 nitrogen and oxygen atoms in total. The van der Waals surface area contributed by atoms with Gasteiger partial charge in [-0.25, -0.2) is 4.79 Å². The van der Waals surface area contributed by atoms with Crippen molar-refractivity contribution in [3.8, 4) is 11.5 Å². The van der Waals surface area contributed by atoms with Crippen LogP contribution in [0.5, 0.6) is 11.5 Å². The Morgan fingerprint density at radius 3 is 2.45 bits per heavy atom. The van der Waals surface area contributed by atoms with Crippen LogP contribution in [0.4, 0.5) is 18.9 Å². The summed E-state index contributed by atoms with van der Waals surface area (Å²) < 4.78 is 60.5. The number of hydrogen-bond acceptors (Lipinski definition) is 7. The van der Waals surface area contributed by atoms with Gasteiger partial charge in [-0.05, 0) is 50.2 Å². The first-order valence-electron chi connectivity index (χ1n) is 11.6. The van der Waals surface area contributed by atoms with Gasteiger partial charge >= 0.3 is 12.1 Å². The van der Waals surface area contributed by atoms with Gasteiger partial charge < -0.3 is 29.2 Å². The van der Waals surface area contributed by atoms with E-state index in [0.717, 1.165) is 12.1 Å². The largest absolute Gasteiger partial charge is 0.490 e. The molecule has 1 aliphatic heterocycles. The number of carbonyl (C=O) groups is 3. The van der Waals surface area contributed by atoms with Crippen LogP contribution in [0.25, 0.3) is 0 Å². The van der Waals surface area contributed by atoms with E-state index < -0.39 is 29.7 Å². The lowest BCUT2D eigenvalue weighted by Crippen LogP contribution is -2.43. The number of nitrogens with zero attached hydrogens (tertiary/aromatic N) is 1. The van der Waals surface area contributed by atoms with Gasteiger partial charge in [0, 0.05) is 13.1 Å². The van der Waals surface area contributed by atoms with Crippen LogP contribution in [0.3, 0.4) is 0 Å². The van der Waals surface area contributed by atoms with E-state index >= 15 is 0 Å². The Bertz CT molecular complexity index is 1170. The summed E-state index contributed by atoms with van der Waals surface area (Å²) in [5.41, 5.74) is -1.25. The SMILES string of the molecule is CCOc1cc(C(=O)O[C@@H](C)C(=O)Nc2cc(C(F)(F)F)ccc2Cl)ccc1OCC(=O)N1CCOCC1. The van der Waals surface area contributed by atoms with Gasteiger partial charge in [0.05, 0.1) is 41.7 Å². The van der Waals surface area contributed by atoms with Gasteiger partial charge in [-0.3, -0.25) is 9.59 Å². The average Bonchev–Trinajstić information content (AvgIpc) is 2.88. The lowest BCUT2D eigenvalue weighted by Gasteiger charge is -2.26. The first-order valence-corrected chi connectivity index (χ1v) is 12.0. The molecule has 206 valence electrons. The zero-order valence-electron chi connectivity index (χ0n) is 20.6.